The molecule has 6 heteroatoms. The van der Waals surface area contributed by atoms with E-state index in [0.29, 0.717) is 31.0 Å². The van der Waals surface area contributed by atoms with Gasteiger partial charge in [-0.1, -0.05) is 12.1 Å². The Balaban J connectivity index is 1.43. The van der Waals surface area contributed by atoms with E-state index in [1.54, 1.807) is 24.3 Å². The Bertz CT molecular complexity index is 793. The lowest BCUT2D eigenvalue weighted by Gasteiger charge is -2.40. The Labute approximate surface area is 151 Å². The van der Waals surface area contributed by atoms with Gasteiger partial charge in [-0.25, -0.2) is 8.78 Å². The maximum Gasteiger partial charge on any atom is 0.289 e. The van der Waals surface area contributed by atoms with Crippen LogP contribution >= 0.6 is 0 Å². The van der Waals surface area contributed by atoms with E-state index in [2.05, 4.69) is 4.90 Å². The molecule has 2 aromatic rings. The van der Waals surface area contributed by atoms with Gasteiger partial charge in [0.25, 0.3) is 5.91 Å². The molecule has 0 saturated carbocycles. The van der Waals surface area contributed by atoms with Crippen LogP contribution in [0.1, 0.15) is 35.4 Å². The predicted molar refractivity (Wildman–Crippen MR) is 92.5 cm³/mol. The third kappa shape index (κ3) is 3.26. The summed E-state index contributed by atoms with van der Waals surface area (Å²) < 4.78 is 32.7. The SMILES string of the molecule is O=C(c1ccco1)N1CC[C@]2(CCCN(Cc3cccc(F)c3F)C2)C1. The van der Waals surface area contributed by atoms with Crippen molar-refractivity contribution in [1.29, 1.82) is 0 Å². The second-order valence-electron chi connectivity index (χ2n) is 7.48. The summed E-state index contributed by atoms with van der Waals surface area (Å²) in [4.78, 5) is 16.6. The zero-order valence-corrected chi connectivity index (χ0v) is 14.6. The number of hydrogen-bond donors (Lipinski definition) is 0. The number of furan rings is 1. The van der Waals surface area contributed by atoms with Crippen LogP contribution in [0.3, 0.4) is 0 Å². The van der Waals surface area contributed by atoms with Crippen molar-refractivity contribution in [3.05, 3.63) is 59.6 Å². The minimum absolute atomic E-state index is 0.0320. The molecule has 0 radical (unpaired) electrons. The van der Waals surface area contributed by atoms with Gasteiger partial charge in [-0.05, 0) is 44.0 Å². The van der Waals surface area contributed by atoms with Gasteiger partial charge in [-0.3, -0.25) is 9.69 Å². The lowest BCUT2D eigenvalue weighted by molar-refractivity contribution is 0.0649. The van der Waals surface area contributed by atoms with Crippen molar-refractivity contribution in [2.75, 3.05) is 26.2 Å². The van der Waals surface area contributed by atoms with Gasteiger partial charge in [0.05, 0.1) is 6.26 Å². The first-order valence-electron chi connectivity index (χ1n) is 9.04. The molecule has 4 nitrogen and oxygen atoms in total. The van der Waals surface area contributed by atoms with Crippen LogP contribution < -0.4 is 0 Å². The average Bonchev–Trinajstić information content (AvgIpc) is 3.29. The molecule has 4 rings (SSSR count). The van der Waals surface area contributed by atoms with E-state index in [0.717, 1.165) is 38.4 Å². The largest absolute Gasteiger partial charge is 0.459 e. The molecule has 0 N–H and O–H groups in total. The highest BCUT2D eigenvalue weighted by molar-refractivity contribution is 5.91. The van der Waals surface area contributed by atoms with Crippen LogP contribution in [0.4, 0.5) is 8.78 Å². The molecule has 2 saturated heterocycles. The van der Waals surface area contributed by atoms with E-state index in [9.17, 15) is 13.6 Å². The number of benzene rings is 1. The number of likely N-dealkylation sites (tertiary alicyclic amines) is 2. The molecule has 1 spiro atoms. The van der Waals surface area contributed by atoms with Crippen LogP contribution in [0.5, 0.6) is 0 Å². The molecule has 1 aromatic heterocycles. The Morgan fingerprint density at radius 2 is 2.00 bits per heavy atom. The first-order valence-corrected chi connectivity index (χ1v) is 9.04. The lowest BCUT2D eigenvalue weighted by Crippen LogP contribution is -2.45. The summed E-state index contributed by atoms with van der Waals surface area (Å²) in [7, 11) is 0. The highest BCUT2D eigenvalue weighted by Gasteiger charge is 2.43. The smallest absolute Gasteiger partial charge is 0.289 e. The maximum absolute atomic E-state index is 14.0. The van der Waals surface area contributed by atoms with Crippen LogP contribution in [0, 0.1) is 17.0 Å². The van der Waals surface area contributed by atoms with E-state index in [4.69, 9.17) is 4.42 Å². The van der Waals surface area contributed by atoms with Crippen molar-refractivity contribution in [3.63, 3.8) is 0 Å². The average molecular weight is 360 g/mol. The molecule has 138 valence electrons. The number of hydrogen-bond acceptors (Lipinski definition) is 3. The number of nitrogens with zero attached hydrogens (tertiary/aromatic N) is 2. The summed E-state index contributed by atoms with van der Waals surface area (Å²) >= 11 is 0. The third-order valence-electron chi connectivity index (χ3n) is 5.62. The zero-order chi connectivity index (χ0) is 18.1. The molecule has 2 fully saturated rings. The van der Waals surface area contributed by atoms with Crippen LogP contribution in [0.15, 0.2) is 41.0 Å². The van der Waals surface area contributed by atoms with Crippen molar-refractivity contribution < 1.29 is 18.0 Å². The number of rotatable bonds is 3. The lowest BCUT2D eigenvalue weighted by atomic mass is 9.79. The minimum Gasteiger partial charge on any atom is -0.459 e. The molecule has 1 amide bonds. The summed E-state index contributed by atoms with van der Waals surface area (Å²) in [5, 5.41) is 0. The number of carbonyl (C=O) groups is 1. The summed E-state index contributed by atoms with van der Waals surface area (Å²) in [6.45, 7) is 3.46. The summed E-state index contributed by atoms with van der Waals surface area (Å²) in [6.07, 6.45) is 4.49. The summed E-state index contributed by atoms with van der Waals surface area (Å²) in [5.41, 5.74) is 0.424. The number of carbonyl (C=O) groups excluding carboxylic acids is 1. The molecule has 1 atom stereocenters. The molecule has 26 heavy (non-hydrogen) atoms. The van der Waals surface area contributed by atoms with Gasteiger partial charge in [0.1, 0.15) is 0 Å². The summed E-state index contributed by atoms with van der Waals surface area (Å²) in [6, 6.07) is 7.74. The Kier molecular flexibility index (Phi) is 4.53. The quantitative estimate of drug-likeness (QED) is 0.838. The summed E-state index contributed by atoms with van der Waals surface area (Å²) in [5.74, 6) is -1.25. The molecule has 0 bridgehead atoms. The number of amides is 1. The maximum atomic E-state index is 14.0. The van der Waals surface area contributed by atoms with Crippen molar-refractivity contribution >= 4 is 5.91 Å². The van der Waals surface area contributed by atoms with Crippen LogP contribution in [-0.4, -0.2) is 41.9 Å². The highest BCUT2D eigenvalue weighted by atomic mass is 19.2. The fraction of sp³-hybridized carbons (Fsp3) is 0.450. The van der Waals surface area contributed by atoms with E-state index in [-0.39, 0.29) is 11.3 Å². The van der Waals surface area contributed by atoms with E-state index < -0.39 is 11.6 Å². The van der Waals surface area contributed by atoms with Crippen LogP contribution in [-0.2, 0) is 6.54 Å². The van der Waals surface area contributed by atoms with Gasteiger partial charge in [-0.2, -0.15) is 0 Å². The minimum atomic E-state index is -0.801. The van der Waals surface area contributed by atoms with Gasteiger partial charge in [-0.15, -0.1) is 0 Å². The third-order valence-corrected chi connectivity index (χ3v) is 5.62. The Morgan fingerprint density at radius 1 is 1.12 bits per heavy atom. The van der Waals surface area contributed by atoms with Crippen molar-refractivity contribution in [2.45, 2.75) is 25.8 Å². The molecule has 0 unspecified atom stereocenters. The fourth-order valence-corrected chi connectivity index (χ4v) is 4.35. The molecule has 0 aliphatic carbocycles. The van der Waals surface area contributed by atoms with Gasteiger partial charge in [0.2, 0.25) is 0 Å². The van der Waals surface area contributed by atoms with Gasteiger partial charge in [0, 0.05) is 37.2 Å². The standard InChI is InChI=1S/C20H22F2N2O2/c21-16-5-1-4-15(18(16)22)12-23-9-3-7-20(13-23)8-10-24(14-20)19(25)17-6-2-11-26-17/h1-2,4-6,11H,3,7-10,12-14H2/t20-/m0/s1. The fourth-order valence-electron chi connectivity index (χ4n) is 4.35. The van der Waals surface area contributed by atoms with Gasteiger partial charge in [0.15, 0.2) is 17.4 Å². The molecule has 2 aliphatic rings. The molecular formula is C20H22F2N2O2. The highest BCUT2D eigenvalue weighted by Crippen LogP contribution is 2.40. The molecule has 2 aliphatic heterocycles. The predicted octanol–water partition coefficient (Wildman–Crippen LogP) is 3.69. The molecular weight excluding hydrogens is 338 g/mol. The van der Waals surface area contributed by atoms with E-state index >= 15 is 0 Å². The van der Waals surface area contributed by atoms with Crippen molar-refractivity contribution in [3.8, 4) is 0 Å². The first-order chi connectivity index (χ1) is 12.6. The Morgan fingerprint density at radius 3 is 2.81 bits per heavy atom. The van der Waals surface area contributed by atoms with Crippen molar-refractivity contribution in [1.82, 2.24) is 9.80 Å². The van der Waals surface area contributed by atoms with E-state index in [1.165, 1.54) is 6.26 Å². The number of piperidine rings is 1. The van der Waals surface area contributed by atoms with Crippen LogP contribution in [0.25, 0.3) is 0 Å². The van der Waals surface area contributed by atoms with Crippen molar-refractivity contribution in [2.24, 2.45) is 5.41 Å². The number of halogens is 2. The second kappa shape index (κ2) is 6.83. The molecule has 1 aromatic carbocycles. The topological polar surface area (TPSA) is 36.7 Å². The second-order valence-corrected chi connectivity index (χ2v) is 7.48. The Hall–Kier alpha value is -2.21. The zero-order valence-electron chi connectivity index (χ0n) is 14.6. The molecule has 3 heterocycles. The first kappa shape index (κ1) is 17.2. The van der Waals surface area contributed by atoms with E-state index in [1.807, 2.05) is 4.90 Å². The normalized spacial score (nSPS) is 23.7. The van der Waals surface area contributed by atoms with Gasteiger partial charge >= 0.3 is 0 Å². The monoisotopic (exact) mass is 360 g/mol. The van der Waals surface area contributed by atoms with Crippen LogP contribution in [0.2, 0.25) is 0 Å². The van der Waals surface area contributed by atoms with Gasteiger partial charge < -0.3 is 9.32 Å².